The molecule has 1 aliphatic rings. The predicted octanol–water partition coefficient (Wildman–Crippen LogP) is 2.53. The third-order valence-electron chi connectivity index (χ3n) is 5.28. The molecule has 4 rings (SSSR count). The monoisotopic (exact) mass is 412 g/mol. The molecule has 0 saturated heterocycles. The molecule has 2 N–H and O–H groups in total. The van der Waals surface area contributed by atoms with E-state index in [1.807, 2.05) is 30.5 Å². The number of hydrogen-bond acceptors (Lipinski definition) is 5. The molecular formula is C21H24N4O3S. The maximum absolute atomic E-state index is 12.0. The van der Waals surface area contributed by atoms with Crippen molar-refractivity contribution in [2.75, 3.05) is 12.4 Å². The molecule has 2 aromatic heterocycles. The quantitative estimate of drug-likeness (QED) is 0.622. The molecule has 7 nitrogen and oxygen atoms in total. The Morgan fingerprint density at radius 1 is 1.21 bits per heavy atom. The molecule has 29 heavy (non-hydrogen) atoms. The van der Waals surface area contributed by atoms with Crippen LogP contribution in [0.3, 0.4) is 0 Å². The number of sulfonamides is 1. The zero-order valence-corrected chi connectivity index (χ0v) is 17.1. The molecule has 0 spiro atoms. The molecule has 0 bridgehead atoms. The lowest BCUT2D eigenvalue weighted by atomic mass is 9.98. The molecule has 0 amide bonds. The number of aryl methyl sites for hydroxylation is 1. The topological polar surface area (TPSA) is 97.1 Å². The van der Waals surface area contributed by atoms with Crippen LogP contribution in [-0.2, 0) is 23.0 Å². The Hall–Kier alpha value is -2.55. The number of nitrogens with zero attached hydrogens (tertiary/aromatic N) is 3. The van der Waals surface area contributed by atoms with E-state index in [1.165, 1.54) is 0 Å². The molecule has 2 heterocycles. The summed E-state index contributed by atoms with van der Waals surface area (Å²) in [6.07, 6.45) is 7.00. The van der Waals surface area contributed by atoms with Gasteiger partial charge in [-0.05, 0) is 48.6 Å². The van der Waals surface area contributed by atoms with E-state index < -0.39 is 10.0 Å². The van der Waals surface area contributed by atoms with Crippen molar-refractivity contribution in [2.24, 2.45) is 0 Å². The van der Waals surface area contributed by atoms with Crippen LogP contribution in [0.15, 0.2) is 48.9 Å². The van der Waals surface area contributed by atoms with Gasteiger partial charge < -0.3 is 5.11 Å². The first-order valence-electron chi connectivity index (χ1n) is 9.72. The summed E-state index contributed by atoms with van der Waals surface area (Å²) in [5.74, 6) is 0.0796. The number of benzene rings is 1. The summed E-state index contributed by atoms with van der Waals surface area (Å²) < 4.78 is 28.5. The van der Waals surface area contributed by atoms with E-state index in [2.05, 4.69) is 20.9 Å². The van der Waals surface area contributed by atoms with Crippen LogP contribution in [0.25, 0.3) is 22.4 Å². The maximum Gasteiger partial charge on any atom is 0.211 e. The van der Waals surface area contributed by atoms with Crippen molar-refractivity contribution in [2.45, 2.75) is 32.4 Å². The van der Waals surface area contributed by atoms with Crippen LogP contribution in [0.4, 0.5) is 0 Å². The lowest BCUT2D eigenvalue weighted by molar-refractivity contribution is 0.269. The van der Waals surface area contributed by atoms with E-state index in [4.69, 9.17) is 0 Å². The largest absolute Gasteiger partial charge is 0.394 e. The molecule has 1 atom stereocenters. The van der Waals surface area contributed by atoms with E-state index in [0.717, 1.165) is 46.4 Å². The molecule has 0 radical (unpaired) electrons. The van der Waals surface area contributed by atoms with Gasteiger partial charge in [0, 0.05) is 35.8 Å². The number of nitrogens with one attached hydrogen (secondary N) is 1. The molecule has 0 aliphatic heterocycles. The fraction of sp³-hybridized carbons (Fsp3) is 0.333. The zero-order valence-electron chi connectivity index (χ0n) is 16.2. The summed E-state index contributed by atoms with van der Waals surface area (Å²) in [4.78, 5) is 4.08. The van der Waals surface area contributed by atoms with Crippen LogP contribution in [0.2, 0.25) is 0 Å². The van der Waals surface area contributed by atoms with Gasteiger partial charge >= 0.3 is 0 Å². The van der Waals surface area contributed by atoms with Crippen LogP contribution < -0.4 is 4.72 Å². The van der Waals surface area contributed by atoms with Crippen LogP contribution >= 0.6 is 0 Å². The highest BCUT2D eigenvalue weighted by molar-refractivity contribution is 7.89. The fourth-order valence-electron chi connectivity index (χ4n) is 3.78. The smallest absolute Gasteiger partial charge is 0.211 e. The maximum atomic E-state index is 12.0. The molecule has 0 fully saturated rings. The molecule has 3 aromatic rings. The van der Waals surface area contributed by atoms with Crippen molar-refractivity contribution < 1.29 is 13.5 Å². The Morgan fingerprint density at radius 2 is 2.00 bits per heavy atom. The number of hydrogen-bond donors (Lipinski definition) is 2. The number of aliphatic hydroxyl groups is 1. The second-order valence-electron chi connectivity index (χ2n) is 7.14. The summed E-state index contributed by atoms with van der Waals surface area (Å²) in [5.41, 5.74) is 5.99. The highest BCUT2D eigenvalue weighted by Crippen LogP contribution is 2.37. The number of aromatic nitrogens is 3. The van der Waals surface area contributed by atoms with Crippen molar-refractivity contribution in [1.82, 2.24) is 19.5 Å². The van der Waals surface area contributed by atoms with Crippen molar-refractivity contribution in [3.8, 4) is 22.4 Å². The highest BCUT2D eigenvalue weighted by Gasteiger charge is 2.26. The van der Waals surface area contributed by atoms with Crippen molar-refractivity contribution in [3.63, 3.8) is 0 Å². The third kappa shape index (κ3) is 4.10. The average molecular weight is 413 g/mol. The summed E-state index contributed by atoms with van der Waals surface area (Å²) in [7, 11) is -3.25. The Balaban J connectivity index is 1.72. The first kappa shape index (κ1) is 19.8. The van der Waals surface area contributed by atoms with E-state index in [1.54, 1.807) is 24.0 Å². The van der Waals surface area contributed by atoms with Crippen LogP contribution in [-0.4, -0.2) is 40.6 Å². The molecule has 0 saturated carbocycles. The fourth-order valence-corrected chi connectivity index (χ4v) is 4.63. The van der Waals surface area contributed by atoms with Gasteiger partial charge in [-0.2, -0.15) is 5.10 Å². The standard InChI is InChI=1S/C21H24N4O3S/c1-2-29(27,28)24-20-6-4-16-13-17(3-5-18(16)20)19-14-25(11-12-26)23-21(19)15-7-9-22-10-8-15/h3,5,7-10,13-14,20,24,26H,2,4,6,11-12H2,1H3. The van der Waals surface area contributed by atoms with Gasteiger partial charge in [-0.3, -0.25) is 9.67 Å². The first-order chi connectivity index (χ1) is 14.0. The predicted molar refractivity (Wildman–Crippen MR) is 112 cm³/mol. The minimum absolute atomic E-state index is 0.0142. The van der Waals surface area contributed by atoms with E-state index >= 15 is 0 Å². The van der Waals surface area contributed by atoms with Crippen LogP contribution in [0.1, 0.15) is 30.5 Å². The summed E-state index contributed by atoms with van der Waals surface area (Å²) >= 11 is 0. The van der Waals surface area contributed by atoms with Crippen molar-refractivity contribution >= 4 is 10.0 Å². The summed E-state index contributed by atoms with van der Waals surface area (Å²) in [6, 6.07) is 9.82. The van der Waals surface area contributed by atoms with E-state index in [0.29, 0.717) is 6.54 Å². The van der Waals surface area contributed by atoms with Crippen molar-refractivity contribution in [3.05, 3.63) is 60.0 Å². The molecule has 1 aromatic carbocycles. The zero-order chi connectivity index (χ0) is 20.4. The van der Waals surface area contributed by atoms with Gasteiger partial charge in [-0.1, -0.05) is 18.2 Å². The van der Waals surface area contributed by atoms with E-state index in [9.17, 15) is 13.5 Å². The molecule has 8 heteroatoms. The van der Waals surface area contributed by atoms with E-state index in [-0.39, 0.29) is 18.4 Å². The Bertz CT molecular complexity index is 1110. The lowest BCUT2D eigenvalue weighted by Crippen LogP contribution is -2.28. The Morgan fingerprint density at radius 3 is 2.72 bits per heavy atom. The van der Waals surface area contributed by atoms with Crippen LogP contribution in [0, 0.1) is 0 Å². The van der Waals surface area contributed by atoms with Gasteiger partial charge in [0.25, 0.3) is 0 Å². The Kier molecular flexibility index (Phi) is 5.49. The number of pyridine rings is 1. The van der Waals surface area contributed by atoms with Crippen LogP contribution in [0.5, 0.6) is 0 Å². The number of rotatable bonds is 7. The molecule has 1 aliphatic carbocycles. The third-order valence-corrected chi connectivity index (χ3v) is 6.68. The number of aliphatic hydroxyl groups excluding tert-OH is 1. The minimum atomic E-state index is -3.25. The second-order valence-corrected chi connectivity index (χ2v) is 9.18. The Labute approximate surface area is 170 Å². The molecule has 152 valence electrons. The van der Waals surface area contributed by atoms with Gasteiger partial charge in [0.1, 0.15) is 5.69 Å². The SMILES string of the molecule is CCS(=O)(=O)NC1CCc2cc(-c3cn(CCO)nc3-c3ccncc3)ccc21. The van der Waals surface area contributed by atoms with Gasteiger partial charge in [-0.25, -0.2) is 13.1 Å². The molecule has 1 unspecified atom stereocenters. The van der Waals surface area contributed by atoms with Gasteiger partial charge in [-0.15, -0.1) is 0 Å². The molecular weight excluding hydrogens is 388 g/mol. The second kappa shape index (κ2) is 8.06. The summed E-state index contributed by atoms with van der Waals surface area (Å²) in [5, 5.41) is 14.0. The van der Waals surface area contributed by atoms with Gasteiger partial charge in [0.05, 0.1) is 18.9 Å². The van der Waals surface area contributed by atoms with Gasteiger partial charge in [0.15, 0.2) is 0 Å². The first-order valence-corrected chi connectivity index (χ1v) is 11.4. The van der Waals surface area contributed by atoms with Gasteiger partial charge in [0.2, 0.25) is 10.0 Å². The highest BCUT2D eigenvalue weighted by atomic mass is 32.2. The normalized spacial score (nSPS) is 16.1. The summed E-state index contributed by atoms with van der Waals surface area (Å²) in [6.45, 7) is 2.08. The minimum Gasteiger partial charge on any atom is -0.394 e. The van der Waals surface area contributed by atoms with Crippen molar-refractivity contribution in [1.29, 1.82) is 0 Å². The average Bonchev–Trinajstić information content (AvgIpc) is 3.33. The number of fused-ring (bicyclic) bond motifs is 1. The lowest BCUT2D eigenvalue weighted by Gasteiger charge is -2.14.